The van der Waals surface area contributed by atoms with Crippen molar-refractivity contribution >= 4 is 5.97 Å². The van der Waals surface area contributed by atoms with Gasteiger partial charge < -0.3 is 9.47 Å². The number of hydrogen-bond acceptors (Lipinski definition) is 5. The lowest BCUT2D eigenvalue weighted by molar-refractivity contribution is 0.0586. The van der Waals surface area contributed by atoms with Gasteiger partial charge >= 0.3 is 5.97 Å². The van der Waals surface area contributed by atoms with E-state index in [0.717, 1.165) is 5.56 Å². The number of nitrogens with zero attached hydrogens (tertiary/aromatic N) is 2. The molecule has 0 atom stereocenters. The van der Waals surface area contributed by atoms with Gasteiger partial charge in [0.15, 0.2) is 0 Å². The molecule has 0 aliphatic heterocycles. The third-order valence-electron chi connectivity index (χ3n) is 2.61. The second-order valence-electron chi connectivity index (χ2n) is 3.91. The number of carbonyl (C=O) groups excluding carboxylic acids is 1. The predicted octanol–water partition coefficient (Wildman–Crippen LogP) is 2.25. The number of hydrogen-bond donors (Lipinski definition) is 0. The molecule has 1 heterocycles. The molecular weight excluding hydrogens is 244 g/mol. The van der Waals surface area contributed by atoms with E-state index in [1.165, 1.54) is 7.11 Å². The molecule has 0 aliphatic rings. The molecule has 0 saturated carbocycles. The standard InChI is InChI=1S/C14H14N2O3/c1-9-8-11(16-13(15-9)14(17)19-3)10-6-4-5-7-12(10)18-2/h4-8H,1-3H3. The molecule has 0 aliphatic carbocycles. The highest BCUT2D eigenvalue weighted by Gasteiger charge is 2.14. The zero-order valence-corrected chi connectivity index (χ0v) is 11.0. The molecule has 19 heavy (non-hydrogen) atoms. The number of rotatable bonds is 3. The third-order valence-corrected chi connectivity index (χ3v) is 2.61. The summed E-state index contributed by atoms with van der Waals surface area (Å²) in [6.07, 6.45) is 0. The fraction of sp³-hybridized carbons (Fsp3) is 0.214. The van der Waals surface area contributed by atoms with Gasteiger partial charge in [-0.2, -0.15) is 0 Å². The Hall–Kier alpha value is -2.43. The van der Waals surface area contributed by atoms with Gasteiger partial charge in [-0.15, -0.1) is 0 Å². The zero-order chi connectivity index (χ0) is 13.8. The lowest BCUT2D eigenvalue weighted by atomic mass is 10.1. The molecule has 2 aromatic rings. The van der Waals surface area contributed by atoms with Crippen molar-refractivity contribution in [3.63, 3.8) is 0 Å². The van der Waals surface area contributed by atoms with Crippen LogP contribution in [0.2, 0.25) is 0 Å². The molecule has 0 saturated heterocycles. The molecule has 0 bridgehead atoms. The minimum absolute atomic E-state index is 0.0448. The average Bonchev–Trinajstić information content (AvgIpc) is 2.45. The highest BCUT2D eigenvalue weighted by molar-refractivity contribution is 5.86. The molecule has 98 valence electrons. The van der Waals surface area contributed by atoms with Crippen LogP contribution in [0.25, 0.3) is 11.3 Å². The van der Waals surface area contributed by atoms with Crippen molar-refractivity contribution in [2.24, 2.45) is 0 Å². The largest absolute Gasteiger partial charge is 0.496 e. The SMILES string of the molecule is COC(=O)c1nc(C)cc(-c2ccccc2OC)n1. The molecular formula is C14H14N2O3. The van der Waals surface area contributed by atoms with Gasteiger partial charge in [0.2, 0.25) is 5.82 Å². The van der Waals surface area contributed by atoms with E-state index >= 15 is 0 Å². The van der Waals surface area contributed by atoms with E-state index in [1.807, 2.05) is 24.3 Å². The maximum atomic E-state index is 11.5. The molecule has 5 nitrogen and oxygen atoms in total. The normalized spacial score (nSPS) is 10.1. The summed E-state index contributed by atoms with van der Waals surface area (Å²) in [4.78, 5) is 19.8. The molecule has 5 heteroatoms. The fourth-order valence-corrected chi connectivity index (χ4v) is 1.75. The van der Waals surface area contributed by atoms with Crippen LogP contribution in [-0.4, -0.2) is 30.2 Å². The number of methoxy groups -OCH3 is 2. The van der Waals surface area contributed by atoms with Crippen LogP contribution >= 0.6 is 0 Å². The molecule has 0 radical (unpaired) electrons. The molecule has 0 fully saturated rings. The first kappa shape index (κ1) is 13.0. The van der Waals surface area contributed by atoms with E-state index in [9.17, 15) is 4.79 Å². The van der Waals surface area contributed by atoms with Crippen LogP contribution in [0.1, 0.15) is 16.3 Å². The molecule has 2 rings (SSSR count). The summed E-state index contributed by atoms with van der Waals surface area (Å²) in [7, 11) is 2.89. The van der Waals surface area contributed by atoms with E-state index in [-0.39, 0.29) is 5.82 Å². The first-order valence-electron chi connectivity index (χ1n) is 5.73. The van der Waals surface area contributed by atoms with Crippen LogP contribution < -0.4 is 4.74 Å². The van der Waals surface area contributed by atoms with E-state index in [2.05, 4.69) is 14.7 Å². The molecule has 0 N–H and O–H groups in total. The predicted molar refractivity (Wildman–Crippen MR) is 70.1 cm³/mol. The smallest absolute Gasteiger partial charge is 0.376 e. The summed E-state index contributed by atoms with van der Waals surface area (Å²) in [5.74, 6) is 0.180. The quantitative estimate of drug-likeness (QED) is 0.790. The van der Waals surface area contributed by atoms with Crippen LogP contribution in [0.15, 0.2) is 30.3 Å². The van der Waals surface area contributed by atoms with E-state index in [4.69, 9.17) is 4.74 Å². The van der Waals surface area contributed by atoms with Gasteiger partial charge in [-0.3, -0.25) is 0 Å². The highest BCUT2D eigenvalue weighted by atomic mass is 16.5. The fourth-order valence-electron chi connectivity index (χ4n) is 1.75. The zero-order valence-electron chi connectivity index (χ0n) is 11.0. The molecule has 1 aromatic carbocycles. The van der Waals surface area contributed by atoms with Gasteiger partial charge in [0.25, 0.3) is 0 Å². The Balaban J connectivity index is 2.56. The summed E-state index contributed by atoms with van der Waals surface area (Å²) in [6, 6.07) is 9.27. The Morgan fingerprint density at radius 1 is 1.16 bits per heavy atom. The number of esters is 1. The summed E-state index contributed by atoms with van der Waals surface area (Å²) in [5, 5.41) is 0. The van der Waals surface area contributed by atoms with Gasteiger partial charge in [0, 0.05) is 11.3 Å². The van der Waals surface area contributed by atoms with Crippen LogP contribution in [0.4, 0.5) is 0 Å². The van der Waals surface area contributed by atoms with Crippen LogP contribution in [0.5, 0.6) is 5.75 Å². The number of aromatic nitrogens is 2. The molecule has 0 unspecified atom stereocenters. The summed E-state index contributed by atoms with van der Waals surface area (Å²) < 4.78 is 9.93. The number of carbonyl (C=O) groups is 1. The lowest BCUT2D eigenvalue weighted by Gasteiger charge is -2.09. The Morgan fingerprint density at radius 2 is 1.89 bits per heavy atom. The van der Waals surface area contributed by atoms with Crippen molar-refractivity contribution in [1.29, 1.82) is 0 Å². The van der Waals surface area contributed by atoms with Gasteiger partial charge in [0.1, 0.15) is 5.75 Å². The molecule has 1 aromatic heterocycles. The lowest BCUT2D eigenvalue weighted by Crippen LogP contribution is -2.09. The van der Waals surface area contributed by atoms with Crippen molar-refractivity contribution in [3.8, 4) is 17.0 Å². The van der Waals surface area contributed by atoms with Crippen LogP contribution in [-0.2, 0) is 4.74 Å². The summed E-state index contributed by atoms with van der Waals surface area (Å²) in [5.41, 5.74) is 2.13. The van der Waals surface area contributed by atoms with E-state index in [0.29, 0.717) is 17.1 Å². The summed E-state index contributed by atoms with van der Waals surface area (Å²) >= 11 is 0. The second kappa shape index (κ2) is 5.48. The van der Waals surface area contributed by atoms with E-state index in [1.54, 1.807) is 20.1 Å². The topological polar surface area (TPSA) is 61.3 Å². The number of aryl methyl sites for hydroxylation is 1. The number of para-hydroxylation sites is 1. The van der Waals surface area contributed by atoms with Crippen LogP contribution in [0, 0.1) is 6.92 Å². The van der Waals surface area contributed by atoms with Crippen molar-refractivity contribution in [2.75, 3.05) is 14.2 Å². The third kappa shape index (κ3) is 2.70. The van der Waals surface area contributed by atoms with Crippen molar-refractivity contribution in [3.05, 3.63) is 41.9 Å². The van der Waals surface area contributed by atoms with E-state index < -0.39 is 5.97 Å². The number of ether oxygens (including phenoxy) is 2. The highest BCUT2D eigenvalue weighted by Crippen LogP contribution is 2.28. The van der Waals surface area contributed by atoms with Crippen molar-refractivity contribution in [1.82, 2.24) is 9.97 Å². The maximum absolute atomic E-state index is 11.5. The van der Waals surface area contributed by atoms with Crippen molar-refractivity contribution in [2.45, 2.75) is 6.92 Å². The average molecular weight is 258 g/mol. The Bertz CT molecular complexity index is 611. The van der Waals surface area contributed by atoms with Gasteiger partial charge in [-0.05, 0) is 25.1 Å². The minimum atomic E-state index is -0.556. The monoisotopic (exact) mass is 258 g/mol. The molecule has 0 amide bonds. The maximum Gasteiger partial charge on any atom is 0.376 e. The van der Waals surface area contributed by atoms with Crippen molar-refractivity contribution < 1.29 is 14.3 Å². The molecule has 0 spiro atoms. The van der Waals surface area contributed by atoms with Gasteiger partial charge in [0.05, 0.1) is 19.9 Å². The second-order valence-corrected chi connectivity index (χ2v) is 3.91. The van der Waals surface area contributed by atoms with Crippen LogP contribution in [0.3, 0.4) is 0 Å². The van der Waals surface area contributed by atoms with Gasteiger partial charge in [-0.1, -0.05) is 12.1 Å². The summed E-state index contributed by atoms with van der Waals surface area (Å²) in [6.45, 7) is 1.80. The Labute approximate surface area is 111 Å². The first-order valence-corrected chi connectivity index (χ1v) is 5.73. The first-order chi connectivity index (χ1) is 9.15. The minimum Gasteiger partial charge on any atom is -0.496 e. The Morgan fingerprint density at radius 3 is 2.58 bits per heavy atom. The Kier molecular flexibility index (Phi) is 3.75. The number of benzene rings is 1. The van der Waals surface area contributed by atoms with Gasteiger partial charge in [-0.25, -0.2) is 14.8 Å².